The van der Waals surface area contributed by atoms with Crippen LogP contribution in [0.1, 0.15) is 5.69 Å². The van der Waals surface area contributed by atoms with Crippen LogP contribution in [0.3, 0.4) is 0 Å². The fourth-order valence-corrected chi connectivity index (χ4v) is 4.64. The van der Waals surface area contributed by atoms with Gasteiger partial charge in [-0.05, 0) is 40.9 Å². The maximum absolute atomic E-state index is 12.4. The topological polar surface area (TPSA) is 110 Å². The summed E-state index contributed by atoms with van der Waals surface area (Å²) in [6.07, 6.45) is 0. The molecule has 5 aromatic rings. The molecule has 0 atom stereocenters. The highest BCUT2D eigenvalue weighted by Gasteiger charge is 2.16. The molecule has 11 heteroatoms. The number of thiazole rings is 1. The molecule has 0 aliphatic heterocycles. The Morgan fingerprint density at radius 1 is 1.17 bits per heavy atom. The minimum absolute atomic E-state index is 0.245. The SMILES string of the molecule is Cc1[nH]c2ccccc2c1-c1csc(NC(=O)Cn2nnn(-c3cccs3)c2=O)n1. The Morgan fingerprint density at radius 2 is 2.03 bits per heavy atom. The third kappa shape index (κ3) is 3.23. The number of thiophene rings is 1. The number of anilines is 1. The van der Waals surface area contributed by atoms with Crippen molar-refractivity contribution in [3.63, 3.8) is 0 Å². The number of aromatic amines is 1. The van der Waals surface area contributed by atoms with Gasteiger partial charge in [0.2, 0.25) is 5.91 Å². The number of H-pyrrole nitrogens is 1. The Kier molecular flexibility index (Phi) is 4.52. The summed E-state index contributed by atoms with van der Waals surface area (Å²) >= 11 is 2.69. The number of rotatable bonds is 5. The number of para-hydroxylation sites is 1. The molecule has 0 aliphatic carbocycles. The number of benzene rings is 1. The van der Waals surface area contributed by atoms with Gasteiger partial charge in [0.15, 0.2) is 5.13 Å². The molecule has 0 spiro atoms. The zero-order valence-electron chi connectivity index (χ0n) is 15.7. The molecule has 150 valence electrons. The molecule has 0 bridgehead atoms. The smallest absolute Gasteiger partial charge is 0.358 e. The molecule has 0 unspecified atom stereocenters. The Morgan fingerprint density at radius 3 is 2.87 bits per heavy atom. The molecule has 0 radical (unpaired) electrons. The van der Waals surface area contributed by atoms with E-state index in [1.807, 2.05) is 48.0 Å². The maximum atomic E-state index is 12.4. The predicted octanol–water partition coefficient (Wildman–Crippen LogP) is 3.04. The van der Waals surface area contributed by atoms with E-state index in [-0.39, 0.29) is 6.54 Å². The lowest BCUT2D eigenvalue weighted by Crippen LogP contribution is -2.29. The summed E-state index contributed by atoms with van der Waals surface area (Å²) in [5, 5.41) is 16.3. The van der Waals surface area contributed by atoms with Crippen LogP contribution in [-0.2, 0) is 11.3 Å². The second kappa shape index (κ2) is 7.35. The van der Waals surface area contributed by atoms with Crippen LogP contribution >= 0.6 is 22.7 Å². The molecular formula is C19H15N7O2S2. The molecule has 4 aromatic heterocycles. The van der Waals surface area contributed by atoms with E-state index >= 15 is 0 Å². The first-order valence-corrected chi connectivity index (χ1v) is 10.8. The number of amides is 1. The van der Waals surface area contributed by atoms with E-state index in [1.54, 1.807) is 6.07 Å². The van der Waals surface area contributed by atoms with Crippen molar-refractivity contribution in [3.05, 3.63) is 63.3 Å². The van der Waals surface area contributed by atoms with Crippen molar-refractivity contribution in [3.8, 4) is 16.3 Å². The molecule has 0 aliphatic rings. The van der Waals surface area contributed by atoms with Crippen molar-refractivity contribution in [2.24, 2.45) is 0 Å². The highest BCUT2D eigenvalue weighted by molar-refractivity contribution is 7.14. The first kappa shape index (κ1) is 18.5. The Hall–Kier alpha value is -3.57. The third-order valence-corrected chi connectivity index (χ3v) is 6.15. The van der Waals surface area contributed by atoms with Crippen LogP contribution in [0.5, 0.6) is 0 Å². The summed E-state index contributed by atoms with van der Waals surface area (Å²) in [7, 11) is 0. The van der Waals surface area contributed by atoms with Gasteiger partial charge in [-0.15, -0.1) is 22.7 Å². The first-order chi connectivity index (χ1) is 14.6. The van der Waals surface area contributed by atoms with Crippen LogP contribution in [0, 0.1) is 6.92 Å². The molecule has 0 saturated heterocycles. The number of hydrogen-bond donors (Lipinski definition) is 2. The Labute approximate surface area is 177 Å². The van der Waals surface area contributed by atoms with Crippen molar-refractivity contribution < 1.29 is 4.79 Å². The summed E-state index contributed by atoms with van der Waals surface area (Å²) in [6.45, 7) is 1.75. The number of nitrogens with one attached hydrogen (secondary N) is 2. The quantitative estimate of drug-likeness (QED) is 0.439. The minimum atomic E-state index is -0.471. The fourth-order valence-electron chi connectivity index (χ4n) is 3.25. The van der Waals surface area contributed by atoms with Crippen LogP contribution < -0.4 is 11.0 Å². The van der Waals surface area contributed by atoms with Gasteiger partial charge in [0.1, 0.15) is 11.5 Å². The second-order valence-corrected chi connectivity index (χ2v) is 8.32. The van der Waals surface area contributed by atoms with Crippen molar-refractivity contribution in [1.82, 2.24) is 29.8 Å². The van der Waals surface area contributed by atoms with Crippen LogP contribution in [0.2, 0.25) is 0 Å². The van der Waals surface area contributed by atoms with Crippen molar-refractivity contribution >= 4 is 44.6 Å². The lowest BCUT2D eigenvalue weighted by Gasteiger charge is -2.00. The van der Waals surface area contributed by atoms with Gasteiger partial charge in [0.05, 0.1) is 5.69 Å². The van der Waals surface area contributed by atoms with E-state index in [1.165, 1.54) is 27.4 Å². The monoisotopic (exact) mass is 437 g/mol. The highest BCUT2D eigenvalue weighted by atomic mass is 32.1. The lowest BCUT2D eigenvalue weighted by molar-refractivity contribution is -0.117. The van der Waals surface area contributed by atoms with E-state index < -0.39 is 11.6 Å². The summed E-state index contributed by atoms with van der Waals surface area (Å²) in [5.74, 6) is -0.396. The van der Waals surface area contributed by atoms with Gasteiger partial charge in [0, 0.05) is 27.5 Å². The largest absolute Gasteiger partial charge is 0.369 e. The molecule has 4 heterocycles. The Bertz CT molecular complexity index is 1410. The summed E-state index contributed by atoms with van der Waals surface area (Å²) < 4.78 is 2.19. The average Bonchev–Trinajstić information content (AvgIpc) is 3.50. The number of aromatic nitrogens is 6. The highest BCUT2D eigenvalue weighted by Crippen LogP contribution is 2.33. The summed E-state index contributed by atoms with van der Waals surface area (Å²) in [4.78, 5) is 32.7. The summed E-state index contributed by atoms with van der Waals surface area (Å²) in [6, 6.07) is 11.6. The molecule has 0 saturated carbocycles. The molecule has 9 nitrogen and oxygen atoms in total. The fraction of sp³-hybridized carbons (Fsp3) is 0.105. The van der Waals surface area contributed by atoms with Gasteiger partial charge in [0.25, 0.3) is 0 Å². The molecule has 2 N–H and O–H groups in total. The zero-order chi connectivity index (χ0) is 20.7. The molecule has 1 aromatic carbocycles. The minimum Gasteiger partial charge on any atom is -0.358 e. The Balaban J connectivity index is 1.34. The zero-order valence-corrected chi connectivity index (χ0v) is 17.3. The number of nitrogens with zero attached hydrogens (tertiary/aromatic N) is 5. The second-order valence-electron chi connectivity index (χ2n) is 6.54. The van der Waals surface area contributed by atoms with Crippen molar-refractivity contribution in [2.75, 3.05) is 5.32 Å². The molecule has 30 heavy (non-hydrogen) atoms. The third-order valence-electron chi connectivity index (χ3n) is 4.55. The molecular weight excluding hydrogens is 422 g/mol. The molecule has 5 rings (SSSR count). The van der Waals surface area contributed by atoms with E-state index in [4.69, 9.17) is 0 Å². The van der Waals surface area contributed by atoms with Crippen LogP contribution in [-0.4, -0.2) is 35.7 Å². The van der Waals surface area contributed by atoms with E-state index in [0.717, 1.165) is 32.5 Å². The van der Waals surface area contributed by atoms with Gasteiger partial charge in [-0.1, -0.05) is 18.2 Å². The normalized spacial score (nSPS) is 11.2. The molecule has 0 fully saturated rings. The number of carbonyl (C=O) groups is 1. The van der Waals surface area contributed by atoms with E-state index in [2.05, 4.69) is 25.7 Å². The average molecular weight is 438 g/mol. The number of hydrogen-bond acceptors (Lipinski definition) is 7. The number of aryl methyl sites for hydroxylation is 1. The van der Waals surface area contributed by atoms with Crippen LogP contribution in [0.4, 0.5) is 5.13 Å². The number of carbonyl (C=O) groups excluding carboxylic acids is 1. The lowest BCUT2D eigenvalue weighted by atomic mass is 10.1. The van der Waals surface area contributed by atoms with Gasteiger partial charge < -0.3 is 10.3 Å². The van der Waals surface area contributed by atoms with Gasteiger partial charge in [-0.2, -0.15) is 9.36 Å². The van der Waals surface area contributed by atoms with Crippen LogP contribution in [0.15, 0.2) is 52.0 Å². The number of fused-ring (bicyclic) bond motifs is 1. The number of tetrazole rings is 1. The first-order valence-electron chi connectivity index (χ1n) is 9.00. The van der Waals surface area contributed by atoms with Crippen molar-refractivity contribution in [1.29, 1.82) is 0 Å². The predicted molar refractivity (Wildman–Crippen MR) is 116 cm³/mol. The standard InChI is InChI=1S/C19H15N7O2S2/c1-11-17(12-5-2-3-6-13(12)20-11)14-10-30-18(21-14)22-15(27)9-25-19(28)26(24-23-25)16-7-4-8-29-16/h2-8,10,20H,9H2,1H3,(H,21,22,27). The van der Waals surface area contributed by atoms with Crippen LogP contribution in [0.25, 0.3) is 27.2 Å². The maximum Gasteiger partial charge on any atom is 0.369 e. The summed E-state index contributed by atoms with van der Waals surface area (Å²) in [5.41, 5.74) is 3.37. The molecule has 1 amide bonds. The van der Waals surface area contributed by atoms with Gasteiger partial charge in [-0.3, -0.25) is 4.79 Å². The van der Waals surface area contributed by atoms with E-state index in [9.17, 15) is 9.59 Å². The van der Waals surface area contributed by atoms with E-state index in [0.29, 0.717) is 10.1 Å². The van der Waals surface area contributed by atoms with Gasteiger partial charge in [-0.25, -0.2) is 9.78 Å². The van der Waals surface area contributed by atoms with Crippen molar-refractivity contribution in [2.45, 2.75) is 13.5 Å². The van der Waals surface area contributed by atoms with Gasteiger partial charge >= 0.3 is 5.69 Å².